The van der Waals surface area contributed by atoms with E-state index in [9.17, 15) is 9.59 Å². The second-order valence-electron chi connectivity index (χ2n) is 17.6. The highest BCUT2D eigenvalue weighted by molar-refractivity contribution is 7.11. The van der Waals surface area contributed by atoms with E-state index in [0.29, 0.717) is 47.3 Å². The number of thiazole rings is 1. The summed E-state index contributed by atoms with van der Waals surface area (Å²) in [5.41, 5.74) is 5.19. The Hall–Kier alpha value is -5.32. The van der Waals surface area contributed by atoms with Crippen molar-refractivity contribution in [2.45, 2.75) is 88.9 Å². The third-order valence-corrected chi connectivity index (χ3v) is 16.2. The Morgan fingerprint density at radius 3 is 2.53 bits per heavy atom. The maximum atomic E-state index is 16.7. The number of ether oxygens (including phenoxy) is 2. The number of hydrogen-bond acceptors (Lipinski definition) is 9. The average Bonchev–Trinajstić information content (AvgIpc) is 3.90. The van der Waals surface area contributed by atoms with Gasteiger partial charge in [0, 0.05) is 41.2 Å². The van der Waals surface area contributed by atoms with Crippen molar-refractivity contribution in [3.8, 4) is 39.5 Å². The first kappa shape index (κ1) is 37.9. The Balaban J connectivity index is 0.992. The van der Waals surface area contributed by atoms with Crippen LogP contribution < -0.4 is 15.4 Å². The van der Waals surface area contributed by atoms with E-state index in [1.54, 1.807) is 22.4 Å². The van der Waals surface area contributed by atoms with E-state index >= 15 is 4.39 Å². The second-order valence-corrected chi connectivity index (χ2v) is 23.7. The minimum Gasteiger partial charge on any atom is -0.464 e. The Bertz CT molecular complexity index is 2610. The lowest BCUT2D eigenvalue weighted by Crippen LogP contribution is -2.51. The van der Waals surface area contributed by atoms with Gasteiger partial charge in [0.2, 0.25) is 12.1 Å². The van der Waals surface area contributed by atoms with Crippen LogP contribution in [0.25, 0.3) is 44.7 Å². The van der Waals surface area contributed by atoms with Crippen LogP contribution in [0.1, 0.15) is 85.3 Å². The zero-order valence-corrected chi connectivity index (χ0v) is 35.6. The van der Waals surface area contributed by atoms with E-state index in [0.717, 1.165) is 75.0 Å². The molecule has 0 bridgehead atoms. The Kier molecular flexibility index (Phi) is 9.28. The highest BCUT2D eigenvalue weighted by Gasteiger charge is 2.39. The zero-order valence-electron chi connectivity index (χ0n) is 33.8. The van der Waals surface area contributed by atoms with Crippen molar-refractivity contribution in [2.75, 3.05) is 19.8 Å². The van der Waals surface area contributed by atoms with Crippen LogP contribution in [0.2, 0.25) is 19.1 Å². The zero-order chi connectivity index (χ0) is 40.7. The van der Waals surface area contributed by atoms with E-state index in [-0.39, 0.29) is 23.9 Å². The van der Waals surface area contributed by atoms with Crippen LogP contribution in [0, 0.1) is 11.7 Å². The molecule has 6 aromatic rings. The first-order chi connectivity index (χ1) is 28.4. The number of rotatable bonds is 9. The number of likely N-dealkylation sites (tertiary alicyclic amines) is 1. The SMILES string of the molecule is COC(=O)N[C@H](C(=O)N1CCC[C@H]1c1ncc(-c2cc(F)c3c(c2)O[C@@H](c2cnc(C4CC4)s2)n2c-3cc3cc(-c4cnc([C@@H]5C[Si-](C)(C)CN5)[nH]4)ccc32)[nH]1)C(C)C. The first-order valence-electron chi connectivity index (χ1n) is 20.5. The van der Waals surface area contributed by atoms with Gasteiger partial charge in [0.1, 0.15) is 29.3 Å². The van der Waals surface area contributed by atoms with Gasteiger partial charge in [-0.1, -0.05) is 19.9 Å². The number of H-pyrrole nitrogens is 2. The van der Waals surface area contributed by atoms with E-state index in [1.807, 2.05) is 32.3 Å². The number of aromatic amines is 2. The number of methoxy groups -OCH3 is 1. The van der Waals surface area contributed by atoms with Crippen molar-refractivity contribution in [3.63, 3.8) is 0 Å². The summed E-state index contributed by atoms with van der Waals surface area (Å²) in [5, 5.41) is 8.43. The summed E-state index contributed by atoms with van der Waals surface area (Å²) in [6, 6.07) is 12.1. The molecule has 4 N–H and O–H groups in total. The van der Waals surface area contributed by atoms with E-state index < -0.39 is 32.3 Å². The molecule has 4 atom stereocenters. The normalized spacial score (nSPS) is 21.4. The molecule has 1 aliphatic carbocycles. The molecule has 0 unspecified atom stereocenters. The van der Waals surface area contributed by atoms with Gasteiger partial charge >= 0.3 is 6.09 Å². The molecule has 4 aromatic heterocycles. The molecule has 1 saturated carbocycles. The lowest BCUT2D eigenvalue weighted by atomic mass is 10.0. The van der Waals surface area contributed by atoms with Gasteiger partial charge in [-0.25, -0.2) is 24.1 Å². The number of halogens is 1. The van der Waals surface area contributed by atoms with Crippen molar-refractivity contribution in [1.29, 1.82) is 0 Å². The quantitative estimate of drug-likeness (QED) is 0.106. The number of carbonyl (C=O) groups excluding carboxylic acids is 2. The van der Waals surface area contributed by atoms with Gasteiger partial charge in [-0.15, -0.1) is 31.6 Å². The topological polar surface area (TPSA) is 155 Å². The fraction of sp³-hybridized carbons (Fsp3) is 0.419. The molecule has 2 amide bonds. The minimum atomic E-state index is -1.27. The number of amides is 2. The van der Waals surface area contributed by atoms with E-state index in [4.69, 9.17) is 24.4 Å². The van der Waals surface area contributed by atoms with Crippen molar-refractivity contribution < 1.29 is 23.5 Å². The number of fused-ring (bicyclic) bond motifs is 5. The number of nitrogens with one attached hydrogen (secondary N) is 4. The number of aromatic nitrogens is 6. The van der Waals surface area contributed by atoms with Crippen LogP contribution in [-0.4, -0.2) is 80.3 Å². The molecule has 16 heteroatoms. The number of alkyl carbamates (subject to hydrolysis) is 1. The summed E-state index contributed by atoms with van der Waals surface area (Å²) in [7, 11) is 0.0139. The molecule has 2 aromatic carbocycles. The maximum absolute atomic E-state index is 16.7. The van der Waals surface area contributed by atoms with Crippen LogP contribution in [-0.2, 0) is 9.53 Å². The standard InChI is InChI=1S/C43H48FN9O4SSi/c1-22(2)37(51-43(55)56-3)41(54)52-12-6-7-32(52)39-46-18-29(50-39)25-14-27(44)36-33-15-26-13-24(28-17-45-38(49-28)30-20-59(4,5)21-48-30)10-11-31(26)53(33)42(57-34(36)16-25)35-19-47-40(58-35)23-8-9-23/h10-11,13-19,22-23,30,32,37,42,48H,6-9,12,20-21H2,1-5H3,(H,45,49)(H,46,50)(H,51,55)/q-1/t30-,32-,37-,42-/m0/s1. The minimum absolute atomic E-state index is 0.152. The molecule has 7 heterocycles. The maximum Gasteiger partial charge on any atom is 0.407 e. The molecule has 307 valence electrons. The fourth-order valence-electron chi connectivity index (χ4n) is 9.02. The summed E-state index contributed by atoms with van der Waals surface area (Å²) >= 11 is 1.66. The van der Waals surface area contributed by atoms with Crippen LogP contribution in [0.4, 0.5) is 9.18 Å². The molecular weight excluding hydrogens is 786 g/mol. The number of imidazole rings is 2. The smallest absolute Gasteiger partial charge is 0.407 e. The van der Waals surface area contributed by atoms with Crippen LogP contribution in [0.3, 0.4) is 0 Å². The molecule has 59 heavy (non-hydrogen) atoms. The highest BCUT2D eigenvalue weighted by atomic mass is 32.1. The Labute approximate surface area is 346 Å². The van der Waals surface area contributed by atoms with Gasteiger partial charge in [-0.2, -0.15) is 13.1 Å². The summed E-state index contributed by atoms with van der Waals surface area (Å²) < 4.78 is 30.5. The van der Waals surface area contributed by atoms with Crippen molar-refractivity contribution in [3.05, 3.63) is 82.3 Å². The van der Waals surface area contributed by atoms with Crippen molar-refractivity contribution in [2.24, 2.45) is 5.92 Å². The first-order valence-corrected chi connectivity index (χ1v) is 24.8. The molecule has 2 saturated heterocycles. The lowest BCUT2D eigenvalue weighted by molar-refractivity contribution is -0.135. The molecule has 0 radical (unpaired) electrons. The summed E-state index contributed by atoms with van der Waals surface area (Å²) in [6.07, 6.45) is 9.16. The highest BCUT2D eigenvalue weighted by Crippen LogP contribution is 2.50. The van der Waals surface area contributed by atoms with Gasteiger partial charge in [0.25, 0.3) is 0 Å². The molecular formula is C43H48FN9O4SSi-. The van der Waals surface area contributed by atoms with Gasteiger partial charge in [-0.05, 0) is 61.9 Å². The van der Waals surface area contributed by atoms with E-state index in [1.165, 1.54) is 13.2 Å². The molecule has 0 spiro atoms. The molecule has 13 nitrogen and oxygen atoms in total. The van der Waals surface area contributed by atoms with Gasteiger partial charge in [-0.3, -0.25) is 9.36 Å². The summed E-state index contributed by atoms with van der Waals surface area (Å²) in [6.45, 7) is 9.12. The fourth-order valence-corrected chi connectivity index (χ4v) is 12.5. The Morgan fingerprint density at radius 2 is 1.78 bits per heavy atom. The van der Waals surface area contributed by atoms with Crippen LogP contribution in [0.15, 0.2) is 55.0 Å². The average molecular weight is 834 g/mol. The predicted molar refractivity (Wildman–Crippen MR) is 226 cm³/mol. The number of hydrogen-bond donors (Lipinski definition) is 4. The van der Waals surface area contributed by atoms with Crippen LogP contribution in [0.5, 0.6) is 5.75 Å². The van der Waals surface area contributed by atoms with Crippen molar-refractivity contribution >= 4 is 42.3 Å². The molecule has 3 aliphatic heterocycles. The summed E-state index contributed by atoms with van der Waals surface area (Å²) in [4.78, 5) is 49.8. The second kappa shape index (κ2) is 14.4. The molecule has 10 rings (SSSR count). The van der Waals surface area contributed by atoms with E-state index in [2.05, 4.69) is 62.5 Å². The van der Waals surface area contributed by atoms with Crippen molar-refractivity contribution in [1.82, 2.24) is 45.0 Å². The van der Waals surface area contributed by atoms with Gasteiger partial charge in [0.15, 0.2) is 0 Å². The molecule has 4 aliphatic rings. The van der Waals surface area contributed by atoms with Gasteiger partial charge in [0.05, 0.1) is 63.6 Å². The molecule has 3 fully saturated rings. The predicted octanol–water partition coefficient (Wildman–Crippen LogP) is 8.44. The van der Waals surface area contributed by atoms with Gasteiger partial charge < -0.3 is 35.0 Å². The largest absolute Gasteiger partial charge is 0.464 e. The Morgan fingerprint density at radius 1 is 1.00 bits per heavy atom. The third-order valence-electron chi connectivity index (χ3n) is 12.3. The monoisotopic (exact) mass is 833 g/mol. The van der Waals surface area contributed by atoms with Crippen LogP contribution >= 0.6 is 11.3 Å². The number of carbonyl (C=O) groups is 2. The number of benzene rings is 2. The lowest BCUT2D eigenvalue weighted by Gasteiger charge is -2.30. The number of nitrogens with zero attached hydrogens (tertiary/aromatic N) is 5. The third kappa shape index (κ3) is 6.84. The summed E-state index contributed by atoms with van der Waals surface area (Å²) in [5.74, 6) is 1.73.